The molecule has 0 aliphatic heterocycles. The van der Waals surface area contributed by atoms with Gasteiger partial charge in [0, 0.05) is 22.7 Å². The van der Waals surface area contributed by atoms with Gasteiger partial charge in [0.25, 0.3) is 0 Å². The fourth-order valence-corrected chi connectivity index (χ4v) is 28.1. The molecule has 29 aromatic carbocycles. The Hall–Kier alpha value is -9.05. The molecular weight excluding hydrogens is 997 g/mol. The molecule has 0 bridgehead atoms. The minimum atomic E-state index is -0.678. The van der Waals surface area contributed by atoms with Crippen LogP contribution in [0.25, 0.3) is 291 Å². The molecule has 0 aromatic heterocycles. The van der Waals surface area contributed by atoms with Gasteiger partial charge in [-0.25, -0.2) is 0 Å². The van der Waals surface area contributed by atoms with Crippen molar-refractivity contribution in [2.75, 3.05) is 6.61 Å². The van der Waals surface area contributed by atoms with Crippen LogP contribution < -0.4 is 4.74 Å². The first-order valence-corrected chi connectivity index (χ1v) is 31.3. The highest BCUT2D eigenvalue weighted by Crippen LogP contribution is 2.97. The van der Waals surface area contributed by atoms with Crippen LogP contribution in [0.15, 0.2) is 24.3 Å². The zero-order valence-corrected chi connectivity index (χ0v) is 43.8. The third kappa shape index (κ3) is 2.03. The summed E-state index contributed by atoms with van der Waals surface area (Å²) in [7, 11) is 0. The van der Waals surface area contributed by atoms with Gasteiger partial charge in [-0.1, -0.05) is 45.2 Å². The van der Waals surface area contributed by atoms with Gasteiger partial charge in [-0.05, 0) is 356 Å². The largest absolute Gasteiger partial charge is 0.493 e. The second-order valence-electron chi connectivity index (χ2n) is 29.7. The van der Waals surface area contributed by atoms with E-state index < -0.39 is 22.2 Å². The molecule has 0 saturated heterocycles. The third-order valence-corrected chi connectivity index (χ3v) is 28.8. The molecule has 0 heterocycles. The molecule has 1 atom stereocenters. The first-order valence-electron chi connectivity index (χ1n) is 31.3. The summed E-state index contributed by atoms with van der Waals surface area (Å²) in [5.41, 5.74) is 6.71. The van der Waals surface area contributed by atoms with Crippen LogP contribution >= 0.6 is 0 Å². The molecule has 1 fully saturated rings. The molecule has 1 unspecified atom stereocenters. The highest BCUT2D eigenvalue weighted by Gasteiger charge is 2.94. The SMILES string of the molecule is CCCCC(CC)COc1ccc(C2(CCCC(=O)O)C34c5c6c7c8c9c%10c(c%11c%12c3c3c5c5c%13c6c6c7c7c9c9c%14c%10c%10c%11c%11c%12c%12c3c3c5c5c%13c%13c6c6c7c9c7c9c%14c%10c%10c%11c%11c%12c3c3c5c5c%13c6c7c6c9c%10c%11c3c56)C824)cc1. The number of carboxylic acid groups (broad SMARTS) is 1. The van der Waals surface area contributed by atoms with Crippen LogP contribution in [0.2, 0.25) is 0 Å². The minimum Gasteiger partial charge on any atom is -0.493 e. The van der Waals surface area contributed by atoms with Gasteiger partial charge in [0.1, 0.15) is 5.75 Å². The monoisotopic (exact) mass is 1020 g/mol. The van der Waals surface area contributed by atoms with Crippen molar-refractivity contribution in [1.29, 1.82) is 0 Å². The van der Waals surface area contributed by atoms with E-state index in [1.807, 2.05) is 0 Å². The van der Waals surface area contributed by atoms with Crippen molar-refractivity contribution in [3.63, 3.8) is 0 Å². The molecule has 5 aliphatic rings. The lowest BCUT2D eigenvalue weighted by atomic mass is 9.68. The molecule has 3 nitrogen and oxygen atoms in total. The maximum Gasteiger partial charge on any atom is 0.303 e. The van der Waals surface area contributed by atoms with Crippen LogP contribution in [0.5, 0.6) is 5.75 Å². The Morgan fingerprint density at radius 3 is 0.829 bits per heavy atom. The molecule has 82 heavy (non-hydrogen) atoms. The van der Waals surface area contributed by atoms with E-state index in [0.29, 0.717) is 12.3 Å². The van der Waals surface area contributed by atoms with Gasteiger partial charge in [0.2, 0.25) is 0 Å². The van der Waals surface area contributed by atoms with E-state index in [4.69, 9.17) is 4.74 Å². The maximum atomic E-state index is 13.3. The molecule has 0 radical (unpaired) electrons. The number of aliphatic carboxylic acids is 1. The minimum absolute atomic E-state index is 0.171. The number of ether oxygens (including phenoxy) is 1. The Morgan fingerprint density at radius 2 is 0.610 bits per heavy atom. The zero-order chi connectivity index (χ0) is 50.5. The van der Waals surface area contributed by atoms with Gasteiger partial charge in [-0.2, -0.15) is 0 Å². The highest BCUT2D eigenvalue weighted by molar-refractivity contribution is 6.82. The number of unbranched alkanes of at least 4 members (excludes halogenated alkanes) is 1. The molecule has 3 heteroatoms. The van der Waals surface area contributed by atoms with Crippen LogP contribution in [-0.4, -0.2) is 17.7 Å². The van der Waals surface area contributed by atoms with Crippen LogP contribution in [0, 0.1) is 5.92 Å². The lowest BCUT2D eigenvalue weighted by Crippen LogP contribution is -2.27. The third-order valence-electron chi connectivity index (χ3n) is 28.8. The van der Waals surface area contributed by atoms with Crippen molar-refractivity contribution in [3.8, 4) is 5.75 Å². The van der Waals surface area contributed by atoms with Crippen molar-refractivity contribution in [2.45, 2.75) is 75.0 Å². The standard InChI is InChI=1S/C79H28O3/c1-3-5-7-15(4-2)14-82-17-11-9-16(10-12-17)77(13-6-8-18(80)81)78-73-65-57-47-37-29-21-19-20-23-27-25(21)33-41-35(27)45-39-31(23)32-24(20)28-26-22(19)30(29)38-44-34(26)42-36(28)46-40(32)50-49(39)59-53(45)63-55(41)61(51(57)43(33)37)69(73)71(63)75-67(59)68-60(50)54(46)64-56(42)62-52(44)58(48(38)47)66(65)74(78)70(62)72(64)76(68)79(75,77)78/h9-12,15H,3-8,13-14H2,1-2H3,(H,80,81). The van der Waals surface area contributed by atoms with Gasteiger partial charge < -0.3 is 9.84 Å². The number of carboxylic acids is 1. The van der Waals surface area contributed by atoms with Gasteiger partial charge in [0.05, 0.1) is 6.61 Å². The second-order valence-corrected chi connectivity index (χ2v) is 29.7. The molecule has 2 spiro atoms. The topological polar surface area (TPSA) is 46.5 Å². The highest BCUT2D eigenvalue weighted by atomic mass is 16.5. The lowest BCUT2D eigenvalue weighted by molar-refractivity contribution is -0.137. The Kier molecular flexibility index (Phi) is 3.50. The molecule has 1 saturated carbocycles. The van der Waals surface area contributed by atoms with E-state index in [-0.39, 0.29) is 6.42 Å². The maximum absolute atomic E-state index is 13.3. The second kappa shape index (κ2) is 8.38. The summed E-state index contributed by atoms with van der Waals surface area (Å²) in [6, 6.07) is 9.78. The number of hydrogen-bond acceptors (Lipinski definition) is 2. The molecule has 5 aliphatic carbocycles. The molecule has 1 N–H and O–H groups in total. The van der Waals surface area contributed by atoms with Crippen LogP contribution in [-0.2, 0) is 21.0 Å². The number of benzene rings is 19. The van der Waals surface area contributed by atoms with Crippen molar-refractivity contribution in [2.24, 2.45) is 5.92 Å². The summed E-state index contributed by atoms with van der Waals surface area (Å²) in [5.74, 6) is 0.829. The van der Waals surface area contributed by atoms with Gasteiger partial charge in [-0.15, -0.1) is 0 Å². The first kappa shape index (κ1) is 34.3. The quantitative estimate of drug-likeness (QED) is 0.124. The average molecular weight is 1030 g/mol. The summed E-state index contributed by atoms with van der Waals surface area (Å²) in [4.78, 5) is 13.3. The zero-order valence-electron chi connectivity index (χ0n) is 43.8. The van der Waals surface area contributed by atoms with E-state index in [1.165, 1.54) is 24.8 Å². The van der Waals surface area contributed by atoms with Gasteiger partial charge in [-0.3, -0.25) is 4.79 Å². The normalized spacial score (nSPS) is 22.9. The van der Waals surface area contributed by atoms with Crippen LogP contribution in [0.4, 0.5) is 0 Å². The fraction of sp³-hybridized carbons (Fsp3) is 0.177. The Morgan fingerprint density at radius 1 is 0.366 bits per heavy atom. The first-order chi connectivity index (χ1) is 40.6. The number of rotatable bonds is 12. The summed E-state index contributed by atoms with van der Waals surface area (Å²) in [5, 5.41) is 98.0. The predicted octanol–water partition coefficient (Wildman–Crippen LogP) is 21.1. The summed E-state index contributed by atoms with van der Waals surface area (Å²) in [6.45, 7) is 5.37. The van der Waals surface area contributed by atoms with Crippen molar-refractivity contribution in [3.05, 3.63) is 52.1 Å². The van der Waals surface area contributed by atoms with Crippen LogP contribution in [0.1, 0.15) is 86.6 Å². The average Bonchev–Trinajstić information content (AvgIpc) is 1.36. The predicted molar refractivity (Wildman–Crippen MR) is 342 cm³/mol. The number of carbonyl (C=O) groups is 1. The van der Waals surface area contributed by atoms with Gasteiger partial charge >= 0.3 is 5.97 Å². The van der Waals surface area contributed by atoms with E-state index >= 15 is 0 Å². The summed E-state index contributed by atoms with van der Waals surface area (Å²) in [6.07, 6.45) is 6.40. The lowest BCUT2D eigenvalue weighted by Gasteiger charge is -2.32. The molecule has 34 rings (SSSR count). The summed E-state index contributed by atoms with van der Waals surface area (Å²) >= 11 is 0. The Labute approximate surface area is 454 Å². The van der Waals surface area contributed by atoms with E-state index in [2.05, 4.69) is 38.1 Å². The fourth-order valence-electron chi connectivity index (χ4n) is 28.1. The van der Waals surface area contributed by atoms with E-state index in [0.717, 1.165) is 25.2 Å². The van der Waals surface area contributed by atoms with Crippen LogP contribution in [0.3, 0.4) is 0 Å². The molecule has 29 aromatic rings. The van der Waals surface area contributed by atoms with E-state index in [1.54, 1.807) is 313 Å². The number of hydrogen-bond donors (Lipinski definition) is 1. The van der Waals surface area contributed by atoms with Gasteiger partial charge in [0.15, 0.2) is 0 Å². The van der Waals surface area contributed by atoms with E-state index in [9.17, 15) is 9.90 Å². The van der Waals surface area contributed by atoms with Crippen molar-refractivity contribution >= 4 is 297 Å². The Balaban J connectivity index is 0.960. The summed E-state index contributed by atoms with van der Waals surface area (Å²) < 4.78 is 6.89. The smallest absolute Gasteiger partial charge is 0.303 e. The van der Waals surface area contributed by atoms with Crippen molar-refractivity contribution in [1.82, 2.24) is 0 Å². The molecular formula is C79H28O3. The molecule has 0 amide bonds. The Bertz CT molecular complexity index is 7190. The van der Waals surface area contributed by atoms with Crippen molar-refractivity contribution < 1.29 is 14.6 Å². The molecule has 362 valence electrons.